The normalized spacial score (nSPS) is 11.3. The van der Waals surface area contributed by atoms with Crippen LogP contribution >= 0.6 is 11.3 Å². The van der Waals surface area contributed by atoms with Gasteiger partial charge in [0.25, 0.3) is 0 Å². The zero-order valence-electron chi connectivity index (χ0n) is 19.9. The lowest BCUT2D eigenvalue weighted by Gasteiger charge is -2.11. The highest BCUT2D eigenvalue weighted by Gasteiger charge is 2.31. The molecule has 0 unspecified atom stereocenters. The van der Waals surface area contributed by atoms with E-state index in [4.69, 9.17) is 10.5 Å². The third kappa shape index (κ3) is 4.80. The standard InChI is InChI=1S/C27H26N2O4S2/c1-16-5-8-19(9-6-16)24(30)25-23(28)26(35(31,32)22-13-11-21(33-4)12-14-22)27(34-25)29-20-10-7-17(2)18(3)15-20/h5-15,29H,28H2,1-4H3. The van der Waals surface area contributed by atoms with E-state index in [9.17, 15) is 13.2 Å². The van der Waals surface area contributed by atoms with Crippen molar-refractivity contribution in [3.63, 3.8) is 0 Å². The summed E-state index contributed by atoms with van der Waals surface area (Å²) in [4.78, 5) is 13.5. The first-order valence-corrected chi connectivity index (χ1v) is 13.2. The molecule has 1 heterocycles. The smallest absolute Gasteiger partial charge is 0.211 e. The number of methoxy groups -OCH3 is 1. The second-order valence-electron chi connectivity index (χ2n) is 8.30. The van der Waals surface area contributed by atoms with Crippen molar-refractivity contribution in [2.75, 3.05) is 18.2 Å². The molecule has 0 aliphatic rings. The van der Waals surface area contributed by atoms with Crippen LogP contribution in [0.4, 0.5) is 16.4 Å². The topological polar surface area (TPSA) is 98.5 Å². The zero-order valence-corrected chi connectivity index (χ0v) is 21.5. The average molecular weight is 507 g/mol. The van der Waals surface area contributed by atoms with Gasteiger partial charge in [-0.2, -0.15) is 0 Å². The molecule has 0 amide bonds. The molecule has 0 radical (unpaired) electrons. The number of nitrogens with two attached hydrogens (primary N) is 1. The molecule has 0 aliphatic carbocycles. The number of benzene rings is 3. The van der Waals surface area contributed by atoms with Gasteiger partial charge in [-0.25, -0.2) is 8.42 Å². The number of ether oxygens (including phenoxy) is 1. The Morgan fingerprint density at radius 3 is 2.17 bits per heavy atom. The first-order valence-electron chi connectivity index (χ1n) is 10.9. The van der Waals surface area contributed by atoms with Crippen molar-refractivity contribution in [1.29, 1.82) is 0 Å². The van der Waals surface area contributed by atoms with Crippen LogP contribution in [-0.2, 0) is 9.84 Å². The summed E-state index contributed by atoms with van der Waals surface area (Å²) in [6.07, 6.45) is 0. The lowest BCUT2D eigenvalue weighted by atomic mass is 10.1. The van der Waals surface area contributed by atoms with Gasteiger partial charge >= 0.3 is 0 Å². The summed E-state index contributed by atoms with van der Waals surface area (Å²) in [6.45, 7) is 5.91. The molecule has 0 fully saturated rings. The van der Waals surface area contributed by atoms with Crippen LogP contribution in [-0.4, -0.2) is 21.3 Å². The van der Waals surface area contributed by atoms with Crippen LogP contribution in [0.3, 0.4) is 0 Å². The second-order valence-corrected chi connectivity index (χ2v) is 11.2. The molecule has 4 rings (SSSR count). The molecular weight excluding hydrogens is 480 g/mol. The van der Waals surface area contributed by atoms with E-state index in [-0.39, 0.29) is 31.1 Å². The Balaban J connectivity index is 1.87. The van der Waals surface area contributed by atoms with Gasteiger partial charge in [-0.3, -0.25) is 4.79 Å². The minimum atomic E-state index is -4.05. The predicted molar refractivity (Wildman–Crippen MR) is 141 cm³/mol. The fourth-order valence-corrected chi connectivity index (χ4v) is 6.54. The highest BCUT2D eigenvalue weighted by Crippen LogP contribution is 2.44. The molecule has 0 saturated carbocycles. The van der Waals surface area contributed by atoms with Gasteiger partial charge in [0.1, 0.15) is 20.5 Å². The Labute approximate surface area is 209 Å². The highest BCUT2D eigenvalue weighted by molar-refractivity contribution is 7.92. The number of nitrogen functional groups attached to an aromatic ring is 1. The number of carbonyl (C=O) groups is 1. The van der Waals surface area contributed by atoms with Gasteiger partial charge in [0.05, 0.1) is 17.7 Å². The average Bonchev–Trinajstić information content (AvgIpc) is 3.17. The maximum absolute atomic E-state index is 13.7. The molecule has 3 N–H and O–H groups in total. The van der Waals surface area contributed by atoms with E-state index < -0.39 is 9.84 Å². The largest absolute Gasteiger partial charge is 0.497 e. The van der Waals surface area contributed by atoms with E-state index in [1.165, 1.54) is 19.2 Å². The van der Waals surface area contributed by atoms with Gasteiger partial charge in [-0.05, 0) is 68.3 Å². The summed E-state index contributed by atoms with van der Waals surface area (Å²) in [5.41, 5.74) is 10.7. The fourth-order valence-electron chi connectivity index (χ4n) is 3.61. The van der Waals surface area contributed by atoms with Crippen molar-refractivity contribution in [1.82, 2.24) is 0 Å². The van der Waals surface area contributed by atoms with Crippen LogP contribution in [0.25, 0.3) is 0 Å². The number of hydrogen-bond acceptors (Lipinski definition) is 7. The summed E-state index contributed by atoms with van der Waals surface area (Å²) in [5.74, 6) is 0.206. The van der Waals surface area contributed by atoms with Crippen LogP contribution in [0.15, 0.2) is 76.5 Å². The predicted octanol–water partition coefficient (Wildman–Crippen LogP) is 6.07. The summed E-state index contributed by atoms with van der Waals surface area (Å²) < 4.78 is 32.6. The molecule has 0 atom stereocenters. The zero-order chi connectivity index (χ0) is 25.3. The monoisotopic (exact) mass is 506 g/mol. The Bertz CT molecular complexity index is 1500. The molecule has 6 nitrogen and oxygen atoms in total. The number of ketones is 1. The molecule has 4 aromatic rings. The van der Waals surface area contributed by atoms with Gasteiger partial charge < -0.3 is 15.8 Å². The van der Waals surface area contributed by atoms with E-state index in [0.717, 1.165) is 28.0 Å². The Kier molecular flexibility index (Phi) is 6.69. The number of anilines is 3. The summed E-state index contributed by atoms with van der Waals surface area (Å²) >= 11 is 1.04. The van der Waals surface area contributed by atoms with E-state index >= 15 is 0 Å². The molecule has 0 saturated heterocycles. The van der Waals surface area contributed by atoms with E-state index in [1.54, 1.807) is 24.3 Å². The van der Waals surface area contributed by atoms with Crippen molar-refractivity contribution in [3.05, 3.63) is 93.9 Å². The molecule has 8 heteroatoms. The molecule has 35 heavy (non-hydrogen) atoms. The molecule has 0 spiro atoms. The molecule has 180 valence electrons. The van der Waals surface area contributed by atoms with Gasteiger partial charge in [0.2, 0.25) is 15.6 Å². The third-order valence-corrected chi connectivity index (χ3v) is 8.93. The van der Waals surface area contributed by atoms with Crippen LogP contribution in [0, 0.1) is 20.8 Å². The quantitative estimate of drug-likeness (QED) is 0.295. The van der Waals surface area contributed by atoms with Crippen molar-refractivity contribution < 1.29 is 17.9 Å². The first-order chi connectivity index (χ1) is 16.6. The van der Waals surface area contributed by atoms with Crippen molar-refractivity contribution in [2.24, 2.45) is 0 Å². The SMILES string of the molecule is COc1ccc(S(=O)(=O)c2c(Nc3ccc(C)c(C)c3)sc(C(=O)c3ccc(C)cc3)c2N)cc1. The van der Waals surface area contributed by atoms with Crippen LogP contribution in [0.2, 0.25) is 0 Å². The molecule has 0 bridgehead atoms. The number of hydrogen-bond donors (Lipinski definition) is 2. The van der Waals surface area contributed by atoms with Crippen LogP contribution in [0.1, 0.15) is 31.9 Å². The van der Waals surface area contributed by atoms with E-state index in [0.29, 0.717) is 17.0 Å². The number of thiophene rings is 1. The lowest BCUT2D eigenvalue weighted by molar-refractivity contribution is 0.104. The van der Waals surface area contributed by atoms with E-state index in [2.05, 4.69) is 5.32 Å². The van der Waals surface area contributed by atoms with Crippen LogP contribution in [0.5, 0.6) is 5.75 Å². The molecule has 0 aliphatic heterocycles. The maximum Gasteiger partial charge on any atom is 0.211 e. The Morgan fingerprint density at radius 2 is 1.57 bits per heavy atom. The summed E-state index contributed by atoms with van der Waals surface area (Å²) in [6, 6.07) is 18.9. The molecular formula is C27H26N2O4S2. The Hall–Kier alpha value is -3.62. The van der Waals surface area contributed by atoms with Crippen molar-refractivity contribution >= 4 is 43.3 Å². The van der Waals surface area contributed by atoms with Crippen molar-refractivity contribution in [3.8, 4) is 5.75 Å². The number of carbonyl (C=O) groups excluding carboxylic acids is 1. The molecule has 3 aromatic carbocycles. The highest BCUT2D eigenvalue weighted by atomic mass is 32.2. The number of sulfone groups is 1. The fraction of sp³-hybridized carbons (Fsp3) is 0.148. The van der Waals surface area contributed by atoms with E-state index in [1.807, 2.05) is 51.1 Å². The Morgan fingerprint density at radius 1 is 0.914 bits per heavy atom. The first kappa shape index (κ1) is 24.5. The minimum absolute atomic E-state index is 0.0558. The van der Waals surface area contributed by atoms with Crippen LogP contribution < -0.4 is 15.8 Å². The lowest BCUT2D eigenvalue weighted by Crippen LogP contribution is -2.08. The maximum atomic E-state index is 13.7. The number of aryl methyl sites for hydroxylation is 3. The minimum Gasteiger partial charge on any atom is -0.497 e. The second kappa shape index (κ2) is 9.56. The summed E-state index contributed by atoms with van der Waals surface area (Å²) in [5, 5.41) is 3.49. The van der Waals surface area contributed by atoms with Gasteiger partial charge in [-0.1, -0.05) is 35.9 Å². The van der Waals surface area contributed by atoms with Gasteiger partial charge in [-0.15, -0.1) is 11.3 Å². The summed E-state index contributed by atoms with van der Waals surface area (Å²) in [7, 11) is -2.54. The van der Waals surface area contributed by atoms with Crippen molar-refractivity contribution in [2.45, 2.75) is 30.6 Å². The third-order valence-electron chi connectivity index (χ3n) is 5.82. The number of rotatable bonds is 7. The molecule has 1 aromatic heterocycles. The number of nitrogens with one attached hydrogen (secondary N) is 1. The van der Waals surface area contributed by atoms with Gasteiger partial charge in [0, 0.05) is 11.3 Å². The van der Waals surface area contributed by atoms with Gasteiger partial charge in [0.15, 0.2) is 0 Å².